The van der Waals surface area contributed by atoms with Gasteiger partial charge in [0.05, 0.1) is 40.2 Å². The second-order valence-corrected chi connectivity index (χ2v) is 10.5. The first kappa shape index (κ1) is 22.9. The molecule has 9 heteroatoms. The Morgan fingerprint density at radius 3 is 2.58 bits per heavy atom. The molecular weight excluding hydrogens is 458 g/mol. The molecule has 0 spiro atoms. The SMILES string of the molecule is COc1ccc2sc(N(Cc3ccccn3)C(=O)CCCS(=O)(=O)c3ccccc3)nc2c1. The quantitative estimate of drug-likeness (QED) is 0.350. The molecule has 0 aliphatic heterocycles. The van der Waals surface area contributed by atoms with E-state index in [9.17, 15) is 13.2 Å². The molecule has 7 nitrogen and oxygen atoms in total. The van der Waals surface area contributed by atoms with Crippen LogP contribution in [0.3, 0.4) is 0 Å². The number of amides is 1. The van der Waals surface area contributed by atoms with E-state index in [1.807, 2.05) is 36.4 Å². The van der Waals surface area contributed by atoms with Gasteiger partial charge in [-0.2, -0.15) is 0 Å². The van der Waals surface area contributed by atoms with Crippen molar-refractivity contribution < 1.29 is 17.9 Å². The van der Waals surface area contributed by atoms with Crippen molar-refractivity contribution in [2.24, 2.45) is 0 Å². The molecule has 0 saturated carbocycles. The van der Waals surface area contributed by atoms with Gasteiger partial charge >= 0.3 is 0 Å². The summed E-state index contributed by atoms with van der Waals surface area (Å²) in [5.41, 5.74) is 1.46. The van der Waals surface area contributed by atoms with Crippen LogP contribution in [0.2, 0.25) is 0 Å². The lowest BCUT2D eigenvalue weighted by atomic mass is 10.2. The van der Waals surface area contributed by atoms with Crippen LogP contribution in [0.1, 0.15) is 18.5 Å². The number of aromatic nitrogens is 2. The number of pyridine rings is 1. The van der Waals surface area contributed by atoms with E-state index in [2.05, 4.69) is 9.97 Å². The molecule has 0 aliphatic carbocycles. The number of carbonyl (C=O) groups is 1. The van der Waals surface area contributed by atoms with E-state index in [0.29, 0.717) is 10.9 Å². The largest absolute Gasteiger partial charge is 0.497 e. The summed E-state index contributed by atoms with van der Waals surface area (Å²) in [4.78, 5) is 24.0. The maximum Gasteiger partial charge on any atom is 0.229 e. The Kier molecular flexibility index (Phi) is 7.00. The molecule has 0 bridgehead atoms. The molecule has 2 aromatic heterocycles. The normalized spacial score (nSPS) is 11.4. The van der Waals surface area contributed by atoms with Gasteiger partial charge in [0.25, 0.3) is 0 Å². The molecule has 0 saturated heterocycles. The third-order valence-corrected chi connectivity index (χ3v) is 7.94. The smallest absolute Gasteiger partial charge is 0.229 e. The molecule has 0 aliphatic rings. The first-order chi connectivity index (χ1) is 16.0. The topological polar surface area (TPSA) is 89.5 Å². The highest BCUT2D eigenvalue weighted by molar-refractivity contribution is 7.91. The van der Waals surface area contributed by atoms with Gasteiger partial charge in [0.15, 0.2) is 15.0 Å². The van der Waals surface area contributed by atoms with E-state index in [0.717, 1.165) is 15.9 Å². The van der Waals surface area contributed by atoms with Crippen molar-refractivity contribution in [3.8, 4) is 5.75 Å². The fourth-order valence-electron chi connectivity index (χ4n) is 3.35. The highest BCUT2D eigenvalue weighted by Crippen LogP contribution is 2.32. The maximum absolute atomic E-state index is 13.2. The number of nitrogens with zero attached hydrogens (tertiary/aromatic N) is 3. The Morgan fingerprint density at radius 1 is 1.06 bits per heavy atom. The van der Waals surface area contributed by atoms with Gasteiger partial charge in [-0.25, -0.2) is 13.4 Å². The van der Waals surface area contributed by atoms with Gasteiger partial charge in [-0.15, -0.1) is 0 Å². The van der Waals surface area contributed by atoms with E-state index < -0.39 is 9.84 Å². The number of hydrogen-bond acceptors (Lipinski definition) is 7. The minimum Gasteiger partial charge on any atom is -0.497 e. The Bertz CT molecular complexity index is 1340. The number of hydrogen-bond donors (Lipinski definition) is 0. The van der Waals surface area contributed by atoms with Crippen LogP contribution in [0.4, 0.5) is 5.13 Å². The second kappa shape index (κ2) is 10.1. The van der Waals surface area contributed by atoms with Gasteiger partial charge in [0, 0.05) is 18.7 Å². The van der Waals surface area contributed by atoms with Crippen molar-refractivity contribution in [2.75, 3.05) is 17.8 Å². The van der Waals surface area contributed by atoms with Crippen LogP contribution >= 0.6 is 11.3 Å². The predicted octanol–water partition coefficient (Wildman–Crippen LogP) is 4.49. The molecule has 4 aromatic rings. The molecule has 4 rings (SSSR count). The highest BCUT2D eigenvalue weighted by Gasteiger charge is 2.22. The van der Waals surface area contributed by atoms with Crippen molar-refractivity contribution in [1.29, 1.82) is 0 Å². The molecule has 0 atom stereocenters. The minimum absolute atomic E-state index is 0.0815. The fourth-order valence-corrected chi connectivity index (χ4v) is 5.64. The van der Waals surface area contributed by atoms with E-state index in [4.69, 9.17) is 4.74 Å². The number of ether oxygens (including phenoxy) is 1. The van der Waals surface area contributed by atoms with Gasteiger partial charge in [-0.1, -0.05) is 35.6 Å². The van der Waals surface area contributed by atoms with Crippen LogP contribution in [0.25, 0.3) is 10.2 Å². The third-order valence-electron chi connectivity index (χ3n) is 5.07. The van der Waals surface area contributed by atoms with Crippen molar-refractivity contribution in [3.05, 3.63) is 78.6 Å². The van der Waals surface area contributed by atoms with Gasteiger partial charge in [-0.05, 0) is 42.8 Å². The molecular formula is C24H23N3O4S2. The zero-order valence-electron chi connectivity index (χ0n) is 18.0. The van der Waals surface area contributed by atoms with Crippen LogP contribution < -0.4 is 9.64 Å². The van der Waals surface area contributed by atoms with Crippen LogP contribution in [0, 0.1) is 0 Å². The Labute approximate surface area is 196 Å². The Balaban J connectivity index is 1.54. The lowest BCUT2D eigenvalue weighted by molar-refractivity contribution is -0.118. The Hall–Kier alpha value is -3.30. The summed E-state index contributed by atoms with van der Waals surface area (Å²) in [6.07, 6.45) is 1.97. The monoisotopic (exact) mass is 481 g/mol. The fraction of sp³-hybridized carbons (Fsp3) is 0.208. The van der Waals surface area contributed by atoms with Crippen molar-refractivity contribution in [2.45, 2.75) is 24.3 Å². The number of anilines is 1. The highest BCUT2D eigenvalue weighted by atomic mass is 32.2. The van der Waals surface area contributed by atoms with Gasteiger partial charge < -0.3 is 4.74 Å². The van der Waals surface area contributed by atoms with Crippen LogP contribution in [0.5, 0.6) is 5.75 Å². The standard InChI is InChI=1S/C24H23N3O4S2/c1-31-19-12-13-22-21(16-19)26-24(32-22)27(17-18-8-5-6-14-25-18)23(28)11-7-15-33(29,30)20-9-3-2-4-10-20/h2-6,8-10,12-14,16H,7,11,15,17H2,1H3. The van der Waals surface area contributed by atoms with Crippen molar-refractivity contribution in [3.63, 3.8) is 0 Å². The summed E-state index contributed by atoms with van der Waals surface area (Å²) in [6, 6.07) is 19.4. The zero-order chi connectivity index (χ0) is 23.3. The molecule has 33 heavy (non-hydrogen) atoms. The number of methoxy groups -OCH3 is 1. The lowest BCUT2D eigenvalue weighted by Crippen LogP contribution is -2.30. The first-order valence-corrected chi connectivity index (χ1v) is 12.9. The van der Waals surface area contributed by atoms with Crippen LogP contribution in [0.15, 0.2) is 77.8 Å². The van der Waals surface area contributed by atoms with E-state index >= 15 is 0 Å². The van der Waals surface area contributed by atoms with E-state index in [-0.39, 0.29) is 35.9 Å². The summed E-state index contributed by atoms with van der Waals surface area (Å²) in [6.45, 7) is 0.252. The van der Waals surface area contributed by atoms with Gasteiger partial charge in [0.1, 0.15) is 5.75 Å². The third kappa shape index (κ3) is 5.55. The van der Waals surface area contributed by atoms with Crippen LogP contribution in [-0.4, -0.2) is 37.2 Å². The molecule has 2 heterocycles. The zero-order valence-corrected chi connectivity index (χ0v) is 19.7. The van der Waals surface area contributed by atoms with Crippen molar-refractivity contribution in [1.82, 2.24) is 9.97 Å². The average molecular weight is 482 g/mol. The number of carbonyl (C=O) groups excluding carboxylic acids is 1. The summed E-state index contributed by atoms with van der Waals surface area (Å²) in [5.74, 6) is 0.389. The molecule has 0 radical (unpaired) electrons. The van der Waals surface area contributed by atoms with Gasteiger partial charge in [-0.3, -0.25) is 14.7 Å². The first-order valence-electron chi connectivity index (χ1n) is 10.4. The molecule has 0 unspecified atom stereocenters. The molecule has 170 valence electrons. The average Bonchev–Trinajstić information content (AvgIpc) is 3.26. The number of sulfone groups is 1. The molecule has 0 N–H and O–H groups in total. The van der Waals surface area contributed by atoms with Gasteiger partial charge in [0.2, 0.25) is 5.91 Å². The second-order valence-electron chi connectivity index (χ2n) is 7.37. The number of thiazole rings is 1. The van der Waals surface area contributed by atoms with E-state index in [1.54, 1.807) is 48.5 Å². The number of benzene rings is 2. The lowest BCUT2D eigenvalue weighted by Gasteiger charge is -2.19. The number of fused-ring (bicyclic) bond motifs is 1. The summed E-state index contributed by atoms with van der Waals surface area (Å²) >= 11 is 1.40. The summed E-state index contributed by atoms with van der Waals surface area (Å²) in [5, 5.41) is 0.542. The van der Waals surface area contributed by atoms with E-state index in [1.165, 1.54) is 11.3 Å². The summed E-state index contributed by atoms with van der Waals surface area (Å²) in [7, 11) is -1.85. The predicted molar refractivity (Wildman–Crippen MR) is 129 cm³/mol. The number of rotatable bonds is 9. The Morgan fingerprint density at radius 2 is 1.85 bits per heavy atom. The summed E-state index contributed by atoms with van der Waals surface area (Å²) < 4.78 is 31.3. The molecule has 2 aromatic carbocycles. The minimum atomic E-state index is -3.44. The molecule has 1 amide bonds. The van der Waals surface area contributed by atoms with Crippen molar-refractivity contribution >= 4 is 42.4 Å². The van der Waals surface area contributed by atoms with Crippen LogP contribution in [-0.2, 0) is 21.2 Å². The maximum atomic E-state index is 13.2. The molecule has 0 fully saturated rings.